The van der Waals surface area contributed by atoms with Gasteiger partial charge in [0.1, 0.15) is 10.7 Å². The second-order valence-electron chi connectivity index (χ2n) is 5.00. The molecule has 0 radical (unpaired) electrons. The van der Waals surface area contributed by atoms with E-state index in [4.69, 9.17) is 5.11 Å². The summed E-state index contributed by atoms with van der Waals surface area (Å²) in [6.45, 7) is -0.412. The van der Waals surface area contributed by atoms with Gasteiger partial charge in [-0.1, -0.05) is 6.07 Å². The molecule has 1 saturated heterocycles. The Hall–Kier alpha value is -1.03. The molecule has 0 spiro atoms. The third kappa shape index (κ3) is 3.25. The Morgan fingerprint density at radius 1 is 1.43 bits per heavy atom. The molecular weight excluding hydrogens is 321 g/mol. The van der Waals surface area contributed by atoms with E-state index in [1.165, 1.54) is 13.1 Å². The van der Waals surface area contributed by atoms with E-state index >= 15 is 0 Å². The van der Waals surface area contributed by atoms with E-state index in [2.05, 4.69) is 0 Å². The van der Waals surface area contributed by atoms with Crippen molar-refractivity contribution < 1.29 is 26.3 Å². The molecule has 21 heavy (non-hydrogen) atoms. The zero-order chi connectivity index (χ0) is 15.8. The van der Waals surface area contributed by atoms with E-state index < -0.39 is 43.2 Å². The minimum absolute atomic E-state index is 0.0727. The molecule has 1 aromatic carbocycles. The highest BCUT2D eigenvalue weighted by molar-refractivity contribution is 7.92. The topological polar surface area (TPSA) is 91.8 Å². The largest absolute Gasteiger partial charge is 0.392 e. The highest BCUT2D eigenvalue weighted by atomic mass is 32.2. The van der Waals surface area contributed by atoms with E-state index in [9.17, 15) is 21.2 Å². The fraction of sp³-hybridized carbons (Fsp3) is 0.500. The summed E-state index contributed by atoms with van der Waals surface area (Å²) in [5.74, 6) is -1.26. The summed E-state index contributed by atoms with van der Waals surface area (Å²) in [5, 5.41) is 9.03. The summed E-state index contributed by atoms with van der Waals surface area (Å²) in [7, 11) is -6.16. The molecule has 1 N–H and O–H groups in total. The number of sulfonamides is 1. The standard InChI is InChI=1S/C12H16FNO5S2/c1-14(10-4-5-20(16,17)8-10)21(18,19)12-6-9(7-15)2-3-11(12)13/h2-3,6,10,15H,4-5,7-8H2,1H3. The van der Waals surface area contributed by atoms with Crippen molar-refractivity contribution in [1.29, 1.82) is 0 Å². The highest BCUT2D eigenvalue weighted by Crippen LogP contribution is 2.25. The van der Waals surface area contributed by atoms with Gasteiger partial charge in [0, 0.05) is 13.1 Å². The lowest BCUT2D eigenvalue weighted by Crippen LogP contribution is -2.38. The first-order valence-electron chi connectivity index (χ1n) is 6.25. The van der Waals surface area contributed by atoms with Crippen LogP contribution in [0.3, 0.4) is 0 Å². The van der Waals surface area contributed by atoms with Gasteiger partial charge in [0.2, 0.25) is 10.0 Å². The second-order valence-corrected chi connectivity index (χ2v) is 9.20. The van der Waals surface area contributed by atoms with Gasteiger partial charge >= 0.3 is 0 Å². The normalized spacial score (nSPS) is 21.8. The molecule has 1 fully saturated rings. The Labute approximate surface area is 123 Å². The molecule has 0 bridgehead atoms. The van der Waals surface area contributed by atoms with Gasteiger partial charge in [-0.3, -0.25) is 0 Å². The van der Waals surface area contributed by atoms with Crippen molar-refractivity contribution in [2.45, 2.75) is 24.0 Å². The zero-order valence-electron chi connectivity index (χ0n) is 11.4. The molecule has 118 valence electrons. The lowest BCUT2D eigenvalue weighted by atomic mass is 10.2. The number of aliphatic hydroxyl groups is 1. The first-order valence-corrected chi connectivity index (χ1v) is 9.51. The van der Waals surface area contributed by atoms with E-state index in [-0.39, 0.29) is 23.5 Å². The van der Waals surface area contributed by atoms with Gasteiger partial charge in [-0.2, -0.15) is 4.31 Å². The number of halogens is 1. The Morgan fingerprint density at radius 3 is 2.62 bits per heavy atom. The van der Waals surface area contributed by atoms with Gasteiger partial charge in [-0.25, -0.2) is 21.2 Å². The maximum atomic E-state index is 13.8. The van der Waals surface area contributed by atoms with Crippen molar-refractivity contribution in [2.24, 2.45) is 0 Å². The van der Waals surface area contributed by atoms with Crippen molar-refractivity contribution >= 4 is 19.9 Å². The first kappa shape index (κ1) is 16.3. The molecule has 1 aliphatic heterocycles. The van der Waals surface area contributed by atoms with Crippen molar-refractivity contribution in [3.63, 3.8) is 0 Å². The minimum Gasteiger partial charge on any atom is -0.392 e. The molecule has 0 aromatic heterocycles. The van der Waals surface area contributed by atoms with Crippen LogP contribution in [0, 0.1) is 5.82 Å². The average molecular weight is 337 g/mol. The predicted molar refractivity (Wildman–Crippen MR) is 74.3 cm³/mol. The van der Waals surface area contributed by atoms with Crippen molar-refractivity contribution in [2.75, 3.05) is 18.6 Å². The fourth-order valence-electron chi connectivity index (χ4n) is 2.26. The van der Waals surface area contributed by atoms with E-state index in [1.807, 2.05) is 0 Å². The highest BCUT2D eigenvalue weighted by Gasteiger charge is 2.37. The molecule has 0 aliphatic carbocycles. The summed E-state index contributed by atoms with van der Waals surface area (Å²) in [6.07, 6.45) is 0.194. The monoisotopic (exact) mass is 337 g/mol. The van der Waals surface area contributed by atoms with Crippen LogP contribution in [0.15, 0.2) is 23.1 Å². The maximum absolute atomic E-state index is 13.8. The predicted octanol–water partition coefficient (Wildman–Crippen LogP) is 0.126. The minimum atomic E-state index is -4.15. The van der Waals surface area contributed by atoms with E-state index in [0.717, 1.165) is 16.4 Å². The Balaban J connectivity index is 2.38. The van der Waals surface area contributed by atoms with Crippen LogP contribution in [0.5, 0.6) is 0 Å². The van der Waals surface area contributed by atoms with Gasteiger partial charge in [-0.05, 0) is 24.1 Å². The molecule has 1 heterocycles. The van der Waals surface area contributed by atoms with Gasteiger partial charge in [0.15, 0.2) is 9.84 Å². The van der Waals surface area contributed by atoms with Crippen LogP contribution in [0.25, 0.3) is 0 Å². The molecule has 0 saturated carbocycles. The fourth-order valence-corrected chi connectivity index (χ4v) is 5.62. The molecule has 6 nitrogen and oxygen atoms in total. The number of rotatable bonds is 4. The summed E-state index contributed by atoms with van der Waals surface area (Å²) in [4.78, 5) is -0.555. The van der Waals surface area contributed by atoms with E-state index in [1.54, 1.807) is 0 Å². The molecule has 1 aliphatic rings. The van der Waals surface area contributed by atoms with Crippen molar-refractivity contribution in [3.8, 4) is 0 Å². The van der Waals surface area contributed by atoms with Crippen LogP contribution in [-0.2, 0) is 26.5 Å². The van der Waals surface area contributed by atoms with Crippen LogP contribution in [0.2, 0.25) is 0 Å². The second kappa shape index (κ2) is 5.64. The number of hydrogen-bond acceptors (Lipinski definition) is 5. The lowest BCUT2D eigenvalue weighted by molar-refractivity contribution is 0.281. The summed E-state index contributed by atoms with van der Waals surface area (Å²) < 4.78 is 62.4. The Bertz CT molecular complexity index is 745. The molecule has 0 amide bonds. The Morgan fingerprint density at radius 2 is 2.10 bits per heavy atom. The van der Waals surface area contributed by atoms with Crippen LogP contribution < -0.4 is 0 Å². The first-order chi connectivity index (χ1) is 9.67. The number of sulfone groups is 1. The van der Waals surface area contributed by atoms with Gasteiger partial charge < -0.3 is 5.11 Å². The van der Waals surface area contributed by atoms with Crippen LogP contribution >= 0.6 is 0 Å². The smallest absolute Gasteiger partial charge is 0.246 e. The summed E-state index contributed by atoms with van der Waals surface area (Å²) in [6, 6.07) is 2.62. The summed E-state index contributed by atoms with van der Waals surface area (Å²) in [5.41, 5.74) is 0.266. The number of hydrogen-bond donors (Lipinski definition) is 1. The summed E-state index contributed by atoms with van der Waals surface area (Å²) >= 11 is 0. The molecule has 2 rings (SSSR count). The van der Waals surface area contributed by atoms with Crippen LogP contribution in [-0.4, -0.2) is 50.8 Å². The maximum Gasteiger partial charge on any atom is 0.246 e. The quantitative estimate of drug-likeness (QED) is 0.843. The average Bonchev–Trinajstić information content (AvgIpc) is 2.78. The van der Waals surface area contributed by atoms with Crippen molar-refractivity contribution in [3.05, 3.63) is 29.6 Å². The molecule has 1 atom stereocenters. The third-order valence-electron chi connectivity index (χ3n) is 3.56. The lowest BCUT2D eigenvalue weighted by Gasteiger charge is -2.23. The number of aliphatic hydroxyl groups excluding tert-OH is 1. The molecule has 1 unspecified atom stereocenters. The third-order valence-corrected chi connectivity index (χ3v) is 7.23. The van der Waals surface area contributed by atoms with Gasteiger partial charge in [0.25, 0.3) is 0 Å². The number of benzene rings is 1. The number of nitrogens with zero attached hydrogens (tertiary/aromatic N) is 1. The molecule has 9 heteroatoms. The van der Waals surface area contributed by atoms with Gasteiger partial charge in [-0.15, -0.1) is 0 Å². The van der Waals surface area contributed by atoms with E-state index in [0.29, 0.717) is 0 Å². The van der Waals surface area contributed by atoms with Crippen molar-refractivity contribution in [1.82, 2.24) is 4.31 Å². The zero-order valence-corrected chi connectivity index (χ0v) is 13.0. The van der Waals surface area contributed by atoms with Crippen LogP contribution in [0.1, 0.15) is 12.0 Å². The molecular formula is C12H16FNO5S2. The SMILES string of the molecule is CN(C1CCS(=O)(=O)C1)S(=O)(=O)c1cc(CO)ccc1F. The Kier molecular flexibility index (Phi) is 4.39. The van der Waals surface area contributed by atoms with Crippen LogP contribution in [0.4, 0.5) is 4.39 Å². The molecule has 1 aromatic rings. The van der Waals surface area contributed by atoms with Gasteiger partial charge in [0.05, 0.1) is 18.1 Å².